The minimum Gasteiger partial charge on any atom is -0.409 e. The van der Waals surface area contributed by atoms with Crippen molar-refractivity contribution in [3.63, 3.8) is 0 Å². The lowest BCUT2D eigenvalue weighted by atomic mass is 10.1. The van der Waals surface area contributed by atoms with Crippen molar-refractivity contribution in [1.82, 2.24) is 10.2 Å². The third-order valence-corrected chi connectivity index (χ3v) is 2.34. The molecule has 100 valence electrons. The SMILES string of the molecule is CCN(CC(C)(C)O)c1nnccc1/C(N)=N/O. The smallest absolute Gasteiger partial charge is 0.173 e. The first-order valence-corrected chi connectivity index (χ1v) is 5.66. The number of nitrogens with zero attached hydrogens (tertiary/aromatic N) is 4. The van der Waals surface area contributed by atoms with Crippen molar-refractivity contribution < 1.29 is 10.3 Å². The number of nitrogens with two attached hydrogens (primary N) is 1. The quantitative estimate of drug-likeness (QED) is 0.299. The second-order valence-electron chi connectivity index (χ2n) is 4.58. The molecule has 0 spiro atoms. The van der Waals surface area contributed by atoms with Crippen molar-refractivity contribution in [2.45, 2.75) is 26.4 Å². The molecular formula is C11H19N5O2. The maximum Gasteiger partial charge on any atom is 0.173 e. The summed E-state index contributed by atoms with van der Waals surface area (Å²) in [7, 11) is 0. The molecule has 7 heteroatoms. The maximum absolute atomic E-state index is 9.87. The summed E-state index contributed by atoms with van der Waals surface area (Å²) in [5, 5.41) is 29.4. The van der Waals surface area contributed by atoms with E-state index in [0.29, 0.717) is 24.5 Å². The summed E-state index contributed by atoms with van der Waals surface area (Å²) in [6.45, 7) is 6.32. The highest BCUT2D eigenvalue weighted by Gasteiger charge is 2.21. The van der Waals surface area contributed by atoms with E-state index in [-0.39, 0.29) is 5.84 Å². The van der Waals surface area contributed by atoms with Gasteiger partial charge in [0, 0.05) is 13.1 Å². The zero-order valence-corrected chi connectivity index (χ0v) is 10.8. The molecule has 0 radical (unpaired) electrons. The van der Waals surface area contributed by atoms with Crippen LogP contribution in [-0.4, -0.2) is 45.0 Å². The Morgan fingerprint density at radius 1 is 1.56 bits per heavy atom. The second-order valence-corrected chi connectivity index (χ2v) is 4.58. The average Bonchev–Trinajstić information content (AvgIpc) is 2.34. The lowest BCUT2D eigenvalue weighted by Crippen LogP contribution is -2.40. The molecular weight excluding hydrogens is 234 g/mol. The van der Waals surface area contributed by atoms with Crippen LogP contribution in [0.3, 0.4) is 0 Å². The highest BCUT2D eigenvalue weighted by atomic mass is 16.4. The lowest BCUT2D eigenvalue weighted by Gasteiger charge is -2.29. The highest BCUT2D eigenvalue weighted by molar-refractivity contribution is 6.01. The van der Waals surface area contributed by atoms with Gasteiger partial charge in [-0.15, -0.1) is 5.10 Å². The van der Waals surface area contributed by atoms with E-state index in [1.54, 1.807) is 19.9 Å². The van der Waals surface area contributed by atoms with E-state index in [1.165, 1.54) is 6.20 Å². The van der Waals surface area contributed by atoms with Crippen molar-refractivity contribution in [2.75, 3.05) is 18.0 Å². The zero-order valence-electron chi connectivity index (χ0n) is 10.8. The molecule has 0 amide bonds. The molecule has 0 aliphatic rings. The molecule has 0 saturated heterocycles. The molecule has 0 atom stereocenters. The number of hydrogen-bond donors (Lipinski definition) is 3. The third-order valence-electron chi connectivity index (χ3n) is 2.34. The van der Waals surface area contributed by atoms with Gasteiger partial charge in [-0.3, -0.25) is 0 Å². The number of aromatic nitrogens is 2. The van der Waals surface area contributed by atoms with E-state index in [2.05, 4.69) is 15.4 Å². The van der Waals surface area contributed by atoms with Gasteiger partial charge in [0.1, 0.15) is 0 Å². The van der Waals surface area contributed by atoms with Crippen LogP contribution in [-0.2, 0) is 0 Å². The summed E-state index contributed by atoms with van der Waals surface area (Å²) in [5.74, 6) is 0.450. The number of anilines is 1. The molecule has 7 nitrogen and oxygen atoms in total. The fourth-order valence-corrected chi connectivity index (χ4v) is 1.62. The Morgan fingerprint density at radius 2 is 2.22 bits per heavy atom. The fraction of sp³-hybridized carbons (Fsp3) is 0.545. The minimum absolute atomic E-state index is 0.0332. The predicted molar refractivity (Wildman–Crippen MR) is 68.7 cm³/mol. The van der Waals surface area contributed by atoms with Crippen LogP contribution in [0.4, 0.5) is 5.82 Å². The fourth-order valence-electron chi connectivity index (χ4n) is 1.62. The number of likely N-dealkylation sites (N-methyl/N-ethyl adjacent to an activating group) is 1. The molecule has 0 saturated carbocycles. The molecule has 0 aromatic carbocycles. The van der Waals surface area contributed by atoms with Gasteiger partial charge >= 0.3 is 0 Å². The predicted octanol–water partition coefficient (Wildman–Crippen LogP) is 0.168. The van der Waals surface area contributed by atoms with E-state index in [1.807, 2.05) is 11.8 Å². The average molecular weight is 253 g/mol. The molecule has 1 aromatic heterocycles. The molecule has 18 heavy (non-hydrogen) atoms. The number of rotatable bonds is 5. The zero-order chi connectivity index (χ0) is 13.8. The Kier molecular flexibility index (Phi) is 4.43. The van der Waals surface area contributed by atoms with Crippen molar-refractivity contribution in [3.05, 3.63) is 17.8 Å². The van der Waals surface area contributed by atoms with Crippen LogP contribution in [0.2, 0.25) is 0 Å². The molecule has 1 heterocycles. The maximum atomic E-state index is 9.87. The van der Waals surface area contributed by atoms with Gasteiger partial charge in [-0.05, 0) is 26.8 Å². The number of amidine groups is 1. The molecule has 0 aliphatic heterocycles. The molecule has 0 aliphatic carbocycles. The standard InChI is InChI=1S/C11H19N5O2/c1-4-16(7-11(2,3)17)10-8(9(12)15-18)5-6-13-14-10/h5-6,17-18H,4,7H2,1-3H3,(H2,12,15). The van der Waals surface area contributed by atoms with Crippen LogP contribution in [0.15, 0.2) is 17.4 Å². The van der Waals surface area contributed by atoms with Crippen LogP contribution < -0.4 is 10.6 Å². The summed E-state index contributed by atoms with van der Waals surface area (Å²) in [6, 6.07) is 1.62. The van der Waals surface area contributed by atoms with Crippen molar-refractivity contribution in [1.29, 1.82) is 0 Å². The molecule has 4 N–H and O–H groups in total. The van der Waals surface area contributed by atoms with Crippen LogP contribution in [0.25, 0.3) is 0 Å². The van der Waals surface area contributed by atoms with Crippen LogP contribution in [0.5, 0.6) is 0 Å². The first kappa shape index (κ1) is 14.2. The van der Waals surface area contributed by atoms with Gasteiger partial charge < -0.3 is 20.9 Å². The van der Waals surface area contributed by atoms with Crippen LogP contribution >= 0.6 is 0 Å². The summed E-state index contributed by atoms with van der Waals surface area (Å²) in [5.41, 5.74) is 5.20. The molecule has 0 fully saturated rings. The van der Waals surface area contributed by atoms with Gasteiger partial charge in [-0.25, -0.2) is 0 Å². The van der Waals surface area contributed by atoms with Gasteiger partial charge in [0.2, 0.25) is 0 Å². The van der Waals surface area contributed by atoms with Crippen molar-refractivity contribution in [2.24, 2.45) is 10.9 Å². The van der Waals surface area contributed by atoms with E-state index in [4.69, 9.17) is 10.9 Å². The number of aliphatic hydroxyl groups is 1. The Labute approximate surface area is 106 Å². The van der Waals surface area contributed by atoms with E-state index in [9.17, 15) is 5.11 Å². The Morgan fingerprint density at radius 3 is 2.72 bits per heavy atom. The second kappa shape index (κ2) is 5.63. The topological polar surface area (TPSA) is 108 Å². The van der Waals surface area contributed by atoms with Crippen molar-refractivity contribution in [3.8, 4) is 0 Å². The lowest BCUT2D eigenvalue weighted by molar-refractivity contribution is 0.0874. The van der Waals surface area contributed by atoms with E-state index < -0.39 is 5.60 Å². The molecule has 0 unspecified atom stereocenters. The number of hydrogen-bond acceptors (Lipinski definition) is 6. The van der Waals surface area contributed by atoms with E-state index in [0.717, 1.165) is 0 Å². The largest absolute Gasteiger partial charge is 0.409 e. The van der Waals surface area contributed by atoms with Crippen molar-refractivity contribution >= 4 is 11.7 Å². The van der Waals surface area contributed by atoms with Gasteiger partial charge in [-0.1, -0.05) is 5.16 Å². The van der Waals surface area contributed by atoms with Gasteiger partial charge in [0.05, 0.1) is 17.4 Å². The normalized spacial score (nSPS) is 12.6. The summed E-state index contributed by atoms with van der Waals surface area (Å²) in [4.78, 5) is 1.82. The summed E-state index contributed by atoms with van der Waals surface area (Å²) < 4.78 is 0. The third kappa shape index (κ3) is 3.56. The monoisotopic (exact) mass is 253 g/mol. The summed E-state index contributed by atoms with van der Waals surface area (Å²) in [6.07, 6.45) is 1.47. The first-order valence-electron chi connectivity index (χ1n) is 5.66. The van der Waals surface area contributed by atoms with Gasteiger partial charge in [0.25, 0.3) is 0 Å². The molecule has 0 bridgehead atoms. The van der Waals surface area contributed by atoms with Crippen LogP contribution in [0.1, 0.15) is 26.3 Å². The van der Waals surface area contributed by atoms with E-state index >= 15 is 0 Å². The van der Waals surface area contributed by atoms with Gasteiger partial charge in [-0.2, -0.15) is 5.10 Å². The number of oxime groups is 1. The molecule has 1 aromatic rings. The minimum atomic E-state index is -0.879. The highest BCUT2D eigenvalue weighted by Crippen LogP contribution is 2.18. The molecule has 1 rings (SSSR count). The van der Waals surface area contributed by atoms with Gasteiger partial charge in [0.15, 0.2) is 11.7 Å². The summed E-state index contributed by atoms with van der Waals surface area (Å²) >= 11 is 0. The Hall–Kier alpha value is -1.89. The Bertz CT molecular complexity index is 428. The Balaban J connectivity index is 3.14. The first-order chi connectivity index (χ1) is 8.39. The van der Waals surface area contributed by atoms with Crippen LogP contribution in [0, 0.1) is 0 Å².